The number of hydrogen-bond donors (Lipinski definition) is 0. The molecule has 4 heteroatoms. The van der Waals surface area contributed by atoms with Gasteiger partial charge >= 0.3 is 5.97 Å². The van der Waals surface area contributed by atoms with Gasteiger partial charge in [-0.05, 0) is 24.6 Å². The molecule has 0 bridgehead atoms. The quantitative estimate of drug-likeness (QED) is 0.431. The molecule has 0 saturated carbocycles. The van der Waals surface area contributed by atoms with Crippen LogP contribution in [0.2, 0.25) is 0 Å². The van der Waals surface area contributed by atoms with Crippen LogP contribution in [0.1, 0.15) is 44.0 Å². The molecule has 1 aromatic rings. The topological polar surface area (TPSA) is 44.8 Å². The van der Waals surface area contributed by atoms with Gasteiger partial charge in [0, 0.05) is 21.0 Å². The molecule has 0 unspecified atom stereocenters. The van der Waals surface area contributed by atoms with Crippen molar-refractivity contribution in [3.05, 3.63) is 29.8 Å². The van der Waals surface area contributed by atoms with Crippen molar-refractivity contribution in [2.75, 3.05) is 13.7 Å². The Hall–Kier alpha value is -1.55. The van der Waals surface area contributed by atoms with Gasteiger partial charge in [-0.25, -0.2) is 4.79 Å². The lowest BCUT2D eigenvalue weighted by Gasteiger charge is -2.24. The van der Waals surface area contributed by atoms with Gasteiger partial charge in [0.05, 0.1) is 12.2 Å². The minimum absolute atomic E-state index is 0.325. The van der Waals surface area contributed by atoms with E-state index < -0.39 is 5.79 Å². The van der Waals surface area contributed by atoms with E-state index in [1.165, 1.54) is 0 Å². The molecule has 1 rings (SSSR count). The maximum atomic E-state index is 11.8. The van der Waals surface area contributed by atoms with Crippen molar-refractivity contribution in [1.29, 1.82) is 0 Å². The summed E-state index contributed by atoms with van der Waals surface area (Å²) in [6.07, 6.45) is 1.87. The predicted octanol–water partition coefficient (Wildman–Crippen LogP) is 3.40. The van der Waals surface area contributed by atoms with E-state index in [0.717, 1.165) is 12.8 Å². The highest BCUT2D eigenvalue weighted by Gasteiger charge is 2.18. The Balaban J connectivity index is 2.68. The third-order valence-corrected chi connectivity index (χ3v) is 2.66. The number of unbranched alkanes of at least 4 members (excludes halogenated alkanes) is 1. The molecule has 0 aromatic heterocycles. The summed E-state index contributed by atoms with van der Waals surface area (Å²) < 4.78 is 16.0. The highest BCUT2D eigenvalue weighted by molar-refractivity contribution is 5.89. The molecular formula is C15H22O4. The van der Waals surface area contributed by atoms with Crippen LogP contribution in [0.4, 0.5) is 0 Å². The number of esters is 1. The fraction of sp³-hybridized carbons (Fsp3) is 0.533. The van der Waals surface area contributed by atoms with Gasteiger partial charge in [-0.15, -0.1) is 0 Å². The second-order valence-corrected chi connectivity index (χ2v) is 4.72. The van der Waals surface area contributed by atoms with Crippen LogP contribution in [0.5, 0.6) is 5.75 Å². The third-order valence-electron chi connectivity index (χ3n) is 2.66. The van der Waals surface area contributed by atoms with Gasteiger partial charge in [0.25, 0.3) is 0 Å². The Labute approximate surface area is 114 Å². The number of carbonyl (C=O) groups is 1. The van der Waals surface area contributed by atoms with E-state index in [1.807, 2.05) is 0 Å². The Bertz CT molecular complexity index is 412. The van der Waals surface area contributed by atoms with Gasteiger partial charge in [0.15, 0.2) is 0 Å². The molecule has 106 valence electrons. The molecular weight excluding hydrogens is 244 g/mol. The lowest BCUT2D eigenvalue weighted by atomic mass is 10.2. The van der Waals surface area contributed by atoms with Crippen LogP contribution in [-0.4, -0.2) is 25.5 Å². The van der Waals surface area contributed by atoms with E-state index in [9.17, 15) is 4.79 Å². The summed E-state index contributed by atoms with van der Waals surface area (Å²) in [7, 11) is 1.57. The highest BCUT2D eigenvalue weighted by atomic mass is 16.7. The number of rotatable bonds is 7. The summed E-state index contributed by atoms with van der Waals surface area (Å²) in [6.45, 7) is 6.11. The molecule has 0 atom stereocenters. The van der Waals surface area contributed by atoms with Crippen molar-refractivity contribution in [3.8, 4) is 5.75 Å². The second-order valence-electron chi connectivity index (χ2n) is 4.72. The lowest BCUT2D eigenvalue weighted by Crippen LogP contribution is -2.30. The summed E-state index contributed by atoms with van der Waals surface area (Å²) in [5.41, 5.74) is 0.487. The molecule has 0 N–H and O–H groups in total. The molecule has 0 radical (unpaired) electrons. The predicted molar refractivity (Wildman–Crippen MR) is 73.3 cm³/mol. The van der Waals surface area contributed by atoms with E-state index in [2.05, 4.69) is 6.92 Å². The van der Waals surface area contributed by atoms with Crippen LogP contribution in [0, 0.1) is 0 Å². The van der Waals surface area contributed by atoms with E-state index >= 15 is 0 Å². The Morgan fingerprint density at radius 2 is 2.05 bits per heavy atom. The van der Waals surface area contributed by atoms with Gasteiger partial charge in [-0.2, -0.15) is 0 Å². The average Bonchev–Trinajstić information content (AvgIpc) is 2.39. The van der Waals surface area contributed by atoms with E-state index in [0.29, 0.717) is 17.9 Å². The zero-order chi connectivity index (χ0) is 14.3. The van der Waals surface area contributed by atoms with E-state index in [4.69, 9.17) is 14.2 Å². The van der Waals surface area contributed by atoms with Crippen LogP contribution in [-0.2, 0) is 9.47 Å². The monoisotopic (exact) mass is 266 g/mol. The molecule has 1 aromatic carbocycles. The maximum absolute atomic E-state index is 11.8. The highest BCUT2D eigenvalue weighted by Crippen LogP contribution is 2.20. The fourth-order valence-electron chi connectivity index (χ4n) is 1.40. The number of methoxy groups -OCH3 is 1. The first-order valence-electron chi connectivity index (χ1n) is 6.50. The first kappa shape index (κ1) is 15.5. The molecule has 0 spiro atoms. The van der Waals surface area contributed by atoms with E-state index in [1.54, 1.807) is 45.2 Å². The van der Waals surface area contributed by atoms with Crippen molar-refractivity contribution < 1.29 is 19.0 Å². The van der Waals surface area contributed by atoms with Gasteiger partial charge in [0.1, 0.15) is 5.75 Å². The van der Waals surface area contributed by atoms with Crippen LogP contribution < -0.4 is 4.74 Å². The van der Waals surface area contributed by atoms with Crippen LogP contribution >= 0.6 is 0 Å². The SMILES string of the molecule is CCCCOC(=O)c1cccc(OC(C)(C)OC)c1. The van der Waals surface area contributed by atoms with Crippen LogP contribution in [0.3, 0.4) is 0 Å². The Morgan fingerprint density at radius 1 is 1.32 bits per heavy atom. The zero-order valence-corrected chi connectivity index (χ0v) is 12.1. The second kappa shape index (κ2) is 7.14. The normalized spacial score (nSPS) is 11.2. The molecule has 0 aliphatic rings. The van der Waals surface area contributed by atoms with E-state index in [-0.39, 0.29) is 5.97 Å². The van der Waals surface area contributed by atoms with Crippen molar-refractivity contribution >= 4 is 5.97 Å². The Kier molecular flexibility index (Phi) is 5.83. The van der Waals surface area contributed by atoms with Gasteiger partial charge < -0.3 is 14.2 Å². The van der Waals surface area contributed by atoms with Gasteiger partial charge in [0.2, 0.25) is 5.79 Å². The zero-order valence-electron chi connectivity index (χ0n) is 12.1. The van der Waals surface area contributed by atoms with Crippen molar-refractivity contribution in [2.24, 2.45) is 0 Å². The molecule has 0 amide bonds. The molecule has 0 saturated heterocycles. The summed E-state index contributed by atoms with van der Waals surface area (Å²) in [4.78, 5) is 11.8. The number of benzene rings is 1. The summed E-state index contributed by atoms with van der Waals surface area (Å²) in [6, 6.07) is 6.91. The molecule has 0 heterocycles. The first-order valence-corrected chi connectivity index (χ1v) is 6.50. The molecule has 0 aliphatic carbocycles. The van der Waals surface area contributed by atoms with Crippen LogP contribution in [0.25, 0.3) is 0 Å². The average molecular weight is 266 g/mol. The summed E-state index contributed by atoms with van der Waals surface area (Å²) in [5.74, 6) is -0.476. The van der Waals surface area contributed by atoms with Crippen molar-refractivity contribution in [2.45, 2.75) is 39.4 Å². The maximum Gasteiger partial charge on any atom is 0.338 e. The van der Waals surface area contributed by atoms with Crippen molar-refractivity contribution in [1.82, 2.24) is 0 Å². The standard InChI is InChI=1S/C15H22O4/c1-5-6-10-18-14(16)12-8-7-9-13(11-12)19-15(2,3)17-4/h7-9,11H,5-6,10H2,1-4H3. The summed E-state index contributed by atoms with van der Waals surface area (Å²) in [5, 5.41) is 0. The largest absolute Gasteiger partial charge is 0.463 e. The minimum atomic E-state index is -0.731. The Morgan fingerprint density at radius 3 is 2.68 bits per heavy atom. The van der Waals surface area contributed by atoms with Gasteiger partial charge in [-0.3, -0.25) is 0 Å². The number of ether oxygens (including phenoxy) is 3. The molecule has 0 fully saturated rings. The number of carbonyl (C=O) groups excluding carboxylic acids is 1. The third kappa shape index (κ3) is 5.30. The smallest absolute Gasteiger partial charge is 0.338 e. The molecule has 4 nitrogen and oxygen atoms in total. The number of hydrogen-bond acceptors (Lipinski definition) is 4. The summed E-state index contributed by atoms with van der Waals surface area (Å²) >= 11 is 0. The molecule has 0 aliphatic heterocycles. The van der Waals surface area contributed by atoms with Crippen LogP contribution in [0.15, 0.2) is 24.3 Å². The first-order chi connectivity index (χ1) is 8.98. The molecule has 19 heavy (non-hydrogen) atoms. The fourth-order valence-corrected chi connectivity index (χ4v) is 1.40. The van der Waals surface area contributed by atoms with Gasteiger partial charge in [-0.1, -0.05) is 19.4 Å². The minimum Gasteiger partial charge on any atom is -0.463 e. The van der Waals surface area contributed by atoms with Crippen molar-refractivity contribution in [3.63, 3.8) is 0 Å². The lowest BCUT2D eigenvalue weighted by molar-refractivity contribution is -0.134.